The van der Waals surface area contributed by atoms with Crippen LogP contribution in [0.3, 0.4) is 0 Å². The van der Waals surface area contributed by atoms with Crippen molar-refractivity contribution >= 4 is 17.9 Å². The molecule has 0 radical (unpaired) electrons. The molecule has 2 aromatic carbocycles. The van der Waals surface area contributed by atoms with Gasteiger partial charge in [-0.2, -0.15) is 0 Å². The maximum Gasteiger partial charge on any atom is 0.338 e. The highest BCUT2D eigenvalue weighted by Crippen LogP contribution is 2.68. The van der Waals surface area contributed by atoms with E-state index in [1.54, 1.807) is 66.9 Å². The molecular weight excluding hydrogens is 564 g/mol. The van der Waals surface area contributed by atoms with Crippen molar-refractivity contribution in [1.29, 1.82) is 0 Å². The Morgan fingerprint density at radius 1 is 0.909 bits per heavy atom. The molecule has 3 aliphatic rings. The first-order chi connectivity index (χ1) is 21.0. The summed E-state index contributed by atoms with van der Waals surface area (Å²) in [6, 6.07) is 18.6. The van der Waals surface area contributed by atoms with E-state index in [0.717, 1.165) is 11.3 Å². The van der Waals surface area contributed by atoms with Crippen LogP contribution in [0.2, 0.25) is 0 Å². The van der Waals surface area contributed by atoms with Crippen LogP contribution in [0.1, 0.15) is 71.6 Å². The van der Waals surface area contributed by atoms with E-state index in [9.17, 15) is 24.6 Å². The minimum Gasteiger partial charge on any atom is -0.481 e. The number of ether oxygens (including phenoxy) is 3. The molecule has 9 heteroatoms. The lowest BCUT2D eigenvalue weighted by molar-refractivity contribution is -0.329. The standard InChI is InChI=1S/C35H38O9/c1-20-23-16-18-42-25(23)19-24-27(20)28(41-4)29(44-31(37)22-13-9-6-10-14-22)35(40)33(24,2)17-15-26(34(35,3)32(38)39)43-30(36)21-11-7-5-8-12-21/h5-14,16,18,20,24,26-29,40H,15,17,19H2,1-4H3,(H,38,39)/t20-,24-,26-,27-,28+,29+,33+,34+,35-/m0/s1. The lowest BCUT2D eigenvalue weighted by Crippen LogP contribution is -2.81. The Morgan fingerprint density at radius 2 is 1.50 bits per heavy atom. The van der Waals surface area contributed by atoms with Crippen molar-refractivity contribution < 1.29 is 43.2 Å². The summed E-state index contributed by atoms with van der Waals surface area (Å²) >= 11 is 0. The summed E-state index contributed by atoms with van der Waals surface area (Å²) in [4.78, 5) is 40.5. The number of esters is 2. The summed E-state index contributed by atoms with van der Waals surface area (Å²) in [6.07, 6.45) is -0.966. The van der Waals surface area contributed by atoms with Crippen molar-refractivity contribution in [3.63, 3.8) is 0 Å². The molecule has 1 aromatic heterocycles. The third kappa shape index (κ3) is 4.16. The van der Waals surface area contributed by atoms with E-state index < -0.39 is 52.7 Å². The first-order valence-corrected chi connectivity index (χ1v) is 15.1. The van der Waals surface area contributed by atoms with Gasteiger partial charge in [0.05, 0.1) is 17.4 Å². The Hall–Kier alpha value is -3.95. The minimum atomic E-state index is -2.23. The van der Waals surface area contributed by atoms with Gasteiger partial charge in [-0.05, 0) is 73.4 Å². The number of aliphatic hydroxyl groups is 1. The van der Waals surface area contributed by atoms with Crippen LogP contribution in [0, 0.1) is 22.7 Å². The first-order valence-electron chi connectivity index (χ1n) is 15.1. The van der Waals surface area contributed by atoms with Gasteiger partial charge in [-0.25, -0.2) is 9.59 Å². The van der Waals surface area contributed by atoms with Crippen LogP contribution < -0.4 is 0 Å². The molecule has 44 heavy (non-hydrogen) atoms. The fraction of sp³-hybridized carbons (Fsp3) is 0.457. The molecule has 9 atom stereocenters. The molecule has 0 aliphatic heterocycles. The van der Waals surface area contributed by atoms with Gasteiger partial charge >= 0.3 is 17.9 Å². The summed E-state index contributed by atoms with van der Waals surface area (Å²) in [5.74, 6) is -2.64. The van der Waals surface area contributed by atoms with Crippen LogP contribution in [-0.2, 0) is 25.4 Å². The molecule has 2 fully saturated rings. The Labute approximate surface area is 256 Å². The Morgan fingerprint density at radius 3 is 2.07 bits per heavy atom. The van der Waals surface area contributed by atoms with Gasteiger partial charge in [-0.3, -0.25) is 4.79 Å². The summed E-state index contributed by atoms with van der Waals surface area (Å²) in [7, 11) is 1.49. The highest BCUT2D eigenvalue weighted by Gasteiger charge is 2.79. The smallest absolute Gasteiger partial charge is 0.338 e. The highest BCUT2D eigenvalue weighted by atomic mass is 16.6. The van der Waals surface area contributed by atoms with E-state index in [0.29, 0.717) is 12.8 Å². The fourth-order valence-corrected chi connectivity index (χ4v) is 8.69. The van der Waals surface area contributed by atoms with Crippen molar-refractivity contribution in [2.24, 2.45) is 22.7 Å². The van der Waals surface area contributed by atoms with E-state index in [1.165, 1.54) is 14.0 Å². The highest BCUT2D eigenvalue weighted by molar-refractivity contribution is 5.91. The largest absolute Gasteiger partial charge is 0.481 e. The third-order valence-electron chi connectivity index (χ3n) is 11.1. The lowest BCUT2D eigenvalue weighted by Gasteiger charge is -2.69. The number of hydrogen-bond acceptors (Lipinski definition) is 8. The lowest BCUT2D eigenvalue weighted by atomic mass is 9.39. The molecule has 3 aliphatic carbocycles. The summed E-state index contributed by atoms with van der Waals surface area (Å²) in [5, 5.41) is 24.3. The zero-order valence-corrected chi connectivity index (χ0v) is 25.3. The second kappa shape index (κ2) is 10.9. The van der Waals surface area contributed by atoms with E-state index in [1.807, 2.05) is 13.0 Å². The molecular formula is C35H38O9. The average molecular weight is 603 g/mol. The third-order valence-corrected chi connectivity index (χ3v) is 11.1. The molecule has 232 valence electrons. The molecule has 0 unspecified atom stereocenters. The van der Waals surface area contributed by atoms with Gasteiger partial charge in [-0.1, -0.05) is 50.2 Å². The van der Waals surface area contributed by atoms with Crippen molar-refractivity contribution in [3.8, 4) is 0 Å². The van der Waals surface area contributed by atoms with Crippen LogP contribution in [0.25, 0.3) is 0 Å². The van der Waals surface area contributed by atoms with Crippen molar-refractivity contribution in [2.75, 3.05) is 7.11 Å². The number of carboxylic acids is 1. The number of rotatable bonds is 6. The molecule has 0 saturated heterocycles. The number of carboxylic acid groups (broad SMARTS) is 1. The molecule has 9 nitrogen and oxygen atoms in total. The van der Waals surface area contributed by atoms with Crippen LogP contribution in [0.5, 0.6) is 0 Å². The quantitative estimate of drug-likeness (QED) is 0.362. The van der Waals surface area contributed by atoms with Crippen molar-refractivity contribution in [1.82, 2.24) is 0 Å². The second-order valence-electron chi connectivity index (χ2n) is 12.9. The van der Waals surface area contributed by atoms with E-state index in [-0.39, 0.29) is 35.3 Å². The number of carbonyl (C=O) groups excluding carboxylic acids is 2. The molecule has 0 amide bonds. The Bertz CT molecular complexity index is 1550. The van der Waals surface area contributed by atoms with Gasteiger partial charge in [0.2, 0.25) is 0 Å². The van der Waals surface area contributed by atoms with Crippen LogP contribution in [-0.4, -0.2) is 59.1 Å². The van der Waals surface area contributed by atoms with Gasteiger partial charge in [0.25, 0.3) is 0 Å². The number of methoxy groups -OCH3 is 1. The average Bonchev–Trinajstić information content (AvgIpc) is 3.51. The predicted octanol–water partition coefficient (Wildman–Crippen LogP) is 5.27. The molecule has 1 heterocycles. The molecule has 2 N–H and O–H groups in total. The molecule has 0 bridgehead atoms. The summed E-state index contributed by atoms with van der Waals surface area (Å²) in [6.45, 7) is 5.33. The number of carbonyl (C=O) groups is 3. The number of hydrogen-bond donors (Lipinski definition) is 2. The molecule has 3 aromatic rings. The SMILES string of the molecule is CO[C@@H]1[C@H]2[C@@H](C)c3ccoc3C[C@@H]2[C@@]2(C)CC[C@H](OC(=O)c3ccccc3)[C@](C)(C(=O)O)[C@]2(O)[C@@H]1OC(=O)c1ccccc1. The molecule has 2 saturated carbocycles. The van der Waals surface area contributed by atoms with E-state index in [4.69, 9.17) is 18.6 Å². The molecule has 0 spiro atoms. The van der Waals surface area contributed by atoms with Gasteiger partial charge in [0.1, 0.15) is 29.0 Å². The Kier molecular flexibility index (Phi) is 7.45. The maximum absolute atomic E-state index is 13.7. The number of fused-ring (bicyclic) bond motifs is 4. The van der Waals surface area contributed by atoms with Crippen LogP contribution in [0.15, 0.2) is 77.4 Å². The van der Waals surface area contributed by atoms with E-state index in [2.05, 4.69) is 6.92 Å². The number of benzene rings is 2. The second-order valence-corrected chi connectivity index (χ2v) is 12.9. The van der Waals surface area contributed by atoms with Crippen molar-refractivity contribution in [2.45, 2.75) is 69.9 Å². The summed E-state index contributed by atoms with van der Waals surface area (Å²) in [5.41, 5.74) is -3.92. The topological polar surface area (TPSA) is 133 Å². The Balaban J connectivity index is 1.52. The van der Waals surface area contributed by atoms with Crippen LogP contribution >= 0.6 is 0 Å². The van der Waals surface area contributed by atoms with Crippen molar-refractivity contribution in [3.05, 3.63) is 95.4 Å². The maximum atomic E-state index is 13.7. The summed E-state index contributed by atoms with van der Waals surface area (Å²) < 4.78 is 24.2. The fourth-order valence-electron chi connectivity index (χ4n) is 8.69. The zero-order valence-electron chi connectivity index (χ0n) is 25.3. The normalized spacial score (nSPS) is 35.8. The van der Waals surface area contributed by atoms with Gasteiger partial charge in [-0.15, -0.1) is 0 Å². The molecule has 6 rings (SSSR count). The van der Waals surface area contributed by atoms with Gasteiger partial charge < -0.3 is 28.8 Å². The minimum absolute atomic E-state index is 0.100. The van der Waals surface area contributed by atoms with Gasteiger partial charge in [0, 0.05) is 18.9 Å². The predicted molar refractivity (Wildman–Crippen MR) is 158 cm³/mol. The number of furan rings is 1. The first kappa shape index (κ1) is 30.1. The van der Waals surface area contributed by atoms with Crippen LogP contribution in [0.4, 0.5) is 0 Å². The van der Waals surface area contributed by atoms with Gasteiger partial charge in [0.15, 0.2) is 6.10 Å². The zero-order chi connectivity index (χ0) is 31.4. The monoisotopic (exact) mass is 602 g/mol. The number of aliphatic carboxylic acids is 1. The van der Waals surface area contributed by atoms with E-state index >= 15 is 0 Å².